The molecule has 10 nitrogen and oxygen atoms in total. The lowest BCUT2D eigenvalue weighted by Gasteiger charge is -2.51. The Hall–Kier alpha value is -4.39. The van der Waals surface area contributed by atoms with Crippen LogP contribution in [-0.4, -0.2) is 76.7 Å². The van der Waals surface area contributed by atoms with Crippen LogP contribution in [0.1, 0.15) is 48.6 Å². The van der Waals surface area contributed by atoms with Crippen molar-refractivity contribution in [1.29, 1.82) is 0 Å². The van der Waals surface area contributed by atoms with Gasteiger partial charge in [0.15, 0.2) is 6.04 Å². The summed E-state index contributed by atoms with van der Waals surface area (Å²) in [5.74, 6) is -3.74. The van der Waals surface area contributed by atoms with Crippen LogP contribution >= 0.6 is 0 Å². The van der Waals surface area contributed by atoms with Gasteiger partial charge < -0.3 is 24.2 Å². The summed E-state index contributed by atoms with van der Waals surface area (Å²) in [7, 11) is 1.48. The van der Waals surface area contributed by atoms with E-state index in [4.69, 9.17) is 14.3 Å². The first kappa shape index (κ1) is 33.5. The Labute approximate surface area is 259 Å². The average Bonchev–Trinajstić information content (AvgIpc) is 3.53. The summed E-state index contributed by atoms with van der Waals surface area (Å²) in [6.45, 7) is 4.62. The van der Waals surface area contributed by atoms with E-state index in [9.17, 15) is 27.6 Å². The molecule has 1 aliphatic heterocycles. The number of carbonyl (C=O) groups is 3. The molecule has 13 heteroatoms. The van der Waals surface area contributed by atoms with Crippen LogP contribution in [0.2, 0.25) is 0 Å². The van der Waals surface area contributed by atoms with E-state index in [1.54, 1.807) is 24.3 Å². The first-order valence-corrected chi connectivity index (χ1v) is 14.7. The fraction of sp³-hybridized carbons (Fsp3) is 0.438. The average molecular weight is 631 g/mol. The first-order chi connectivity index (χ1) is 21.5. The van der Waals surface area contributed by atoms with Gasteiger partial charge in [0.2, 0.25) is 5.91 Å². The molecule has 2 aromatic carbocycles. The van der Waals surface area contributed by atoms with Gasteiger partial charge in [0.1, 0.15) is 11.4 Å². The Morgan fingerprint density at radius 1 is 1.11 bits per heavy atom. The number of imidazole rings is 1. The second-order valence-corrected chi connectivity index (χ2v) is 10.9. The molecular weight excluding hydrogens is 593 g/mol. The van der Waals surface area contributed by atoms with Gasteiger partial charge in [-0.2, -0.15) is 18.2 Å². The number of likely N-dealkylation sites (tertiary alicyclic amines) is 1. The van der Waals surface area contributed by atoms with Crippen molar-refractivity contribution in [2.24, 2.45) is 0 Å². The summed E-state index contributed by atoms with van der Waals surface area (Å²) in [6, 6.07) is 12.5. The van der Waals surface area contributed by atoms with Crippen molar-refractivity contribution in [3.05, 3.63) is 83.4 Å². The van der Waals surface area contributed by atoms with Crippen LogP contribution in [0.5, 0.6) is 5.75 Å². The normalized spacial score (nSPS) is 14.8. The maximum absolute atomic E-state index is 14.2. The number of aryl methyl sites for hydroxylation is 2. The van der Waals surface area contributed by atoms with Crippen LogP contribution in [-0.2, 0) is 42.4 Å². The standard InChI is InChI=1S/C32H37F3N4O6/c1-4-5-16-44-31(26-9-7-6-8-22(26)2)19-38(20-31)29(41)27(17-23-10-13-25(43-3)14-11-23)39(45-30(42)32(33,34)35)28(40)15-12-24-18-36-21-37-24/h6-11,13-14,18,21,27H,4-5,12,15-17,19-20H2,1-3H3,(H,36,37). The molecule has 0 saturated carbocycles. The number of ether oxygens (including phenoxy) is 2. The monoisotopic (exact) mass is 630 g/mol. The van der Waals surface area contributed by atoms with Crippen LogP contribution < -0.4 is 4.74 Å². The third-order valence-corrected chi connectivity index (χ3v) is 7.69. The number of aromatic nitrogens is 2. The van der Waals surface area contributed by atoms with Gasteiger partial charge in [-0.15, -0.1) is 0 Å². The van der Waals surface area contributed by atoms with E-state index in [0.29, 0.717) is 23.6 Å². The van der Waals surface area contributed by atoms with Crippen molar-refractivity contribution >= 4 is 17.8 Å². The van der Waals surface area contributed by atoms with Crippen molar-refractivity contribution in [2.45, 2.75) is 63.8 Å². The van der Waals surface area contributed by atoms with Crippen LogP contribution in [0, 0.1) is 6.92 Å². The van der Waals surface area contributed by atoms with E-state index in [1.807, 2.05) is 38.1 Å². The highest BCUT2D eigenvalue weighted by atomic mass is 19.4. The molecule has 4 rings (SSSR count). The highest BCUT2D eigenvalue weighted by Gasteiger charge is 2.52. The van der Waals surface area contributed by atoms with Crippen LogP contribution in [0.15, 0.2) is 61.1 Å². The molecule has 1 aliphatic rings. The number of nitrogens with zero attached hydrogens (tertiary/aromatic N) is 3. The zero-order chi connectivity index (χ0) is 32.6. The van der Waals surface area contributed by atoms with Crippen LogP contribution in [0.3, 0.4) is 0 Å². The third-order valence-electron chi connectivity index (χ3n) is 7.69. The molecule has 1 fully saturated rings. The number of hydrogen-bond donors (Lipinski definition) is 1. The van der Waals surface area contributed by atoms with Gasteiger partial charge in [-0.3, -0.25) is 9.59 Å². The molecule has 1 aromatic heterocycles. The Morgan fingerprint density at radius 3 is 2.42 bits per heavy atom. The summed E-state index contributed by atoms with van der Waals surface area (Å²) in [5, 5.41) is 0.282. The number of benzene rings is 2. The number of H-pyrrole nitrogens is 1. The predicted octanol–water partition coefficient (Wildman–Crippen LogP) is 4.67. The maximum Gasteiger partial charge on any atom is 0.493 e. The summed E-state index contributed by atoms with van der Waals surface area (Å²) in [4.78, 5) is 52.5. The SMILES string of the molecule is CCCCOC1(c2ccccc2C)CN(C(=O)C(Cc2ccc(OC)cc2)N(OC(=O)C(F)(F)F)C(=O)CCc2cnc[nH]2)C1. The minimum absolute atomic E-state index is 0.0632. The highest BCUT2D eigenvalue weighted by molar-refractivity contribution is 5.89. The topological polar surface area (TPSA) is 114 Å². The van der Waals surface area contributed by atoms with E-state index < -0.39 is 35.6 Å². The zero-order valence-electron chi connectivity index (χ0n) is 25.4. The smallest absolute Gasteiger partial charge is 0.493 e. The molecule has 2 amide bonds. The molecule has 0 bridgehead atoms. The number of nitrogens with one attached hydrogen (secondary N) is 1. The van der Waals surface area contributed by atoms with Gasteiger partial charge in [0.05, 0.1) is 26.5 Å². The summed E-state index contributed by atoms with van der Waals surface area (Å²) in [6.07, 6.45) is -1.37. The van der Waals surface area contributed by atoms with Crippen LogP contribution in [0.4, 0.5) is 13.2 Å². The Balaban J connectivity index is 1.66. The van der Waals surface area contributed by atoms with Gasteiger partial charge in [-0.05, 0) is 48.6 Å². The molecule has 3 aromatic rings. The fourth-order valence-corrected chi connectivity index (χ4v) is 5.23. The molecule has 1 unspecified atom stereocenters. The lowest BCUT2D eigenvalue weighted by molar-refractivity contribution is -0.245. The van der Waals surface area contributed by atoms with Gasteiger partial charge in [-0.25, -0.2) is 9.78 Å². The van der Waals surface area contributed by atoms with Gasteiger partial charge in [-0.1, -0.05) is 49.7 Å². The quantitative estimate of drug-likeness (QED) is 0.216. The van der Waals surface area contributed by atoms with Gasteiger partial charge in [0, 0.05) is 31.3 Å². The van der Waals surface area contributed by atoms with Crippen molar-refractivity contribution in [1.82, 2.24) is 19.9 Å². The van der Waals surface area contributed by atoms with Crippen molar-refractivity contribution in [2.75, 3.05) is 26.8 Å². The molecule has 0 aliphatic carbocycles. The largest absolute Gasteiger partial charge is 0.497 e. The van der Waals surface area contributed by atoms with Crippen molar-refractivity contribution < 1.29 is 41.9 Å². The fourth-order valence-electron chi connectivity index (χ4n) is 5.23. The summed E-state index contributed by atoms with van der Waals surface area (Å²) in [5.41, 5.74) is 2.07. The molecule has 242 valence electrons. The Morgan fingerprint density at radius 2 is 1.82 bits per heavy atom. The van der Waals surface area contributed by atoms with Crippen molar-refractivity contribution in [3.63, 3.8) is 0 Å². The number of hydroxylamine groups is 2. The number of halogens is 3. The molecule has 2 heterocycles. The van der Waals surface area contributed by atoms with E-state index in [0.717, 1.165) is 24.0 Å². The minimum Gasteiger partial charge on any atom is -0.497 e. The summed E-state index contributed by atoms with van der Waals surface area (Å²) < 4.78 is 51.8. The number of rotatable bonds is 13. The number of methoxy groups -OCH3 is 1. The lowest BCUT2D eigenvalue weighted by Crippen LogP contribution is -2.66. The van der Waals surface area contributed by atoms with E-state index in [2.05, 4.69) is 9.97 Å². The maximum atomic E-state index is 14.2. The Kier molecular flexibility index (Phi) is 10.9. The molecule has 1 atom stereocenters. The van der Waals surface area contributed by atoms with Crippen molar-refractivity contribution in [3.8, 4) is 5.75 Å². The highest BCUT2D eigenvalue weighted by Crippen LogP contribution is 2.39. The number of carbonyl (C=O) groups excluding carboxylic acids is 3. The second-order valence-electron chi connectivity index (χ2n) is 10.9. The number of hydrogen-bond acceptors (Lipinski definition) is 7. The number of alkyl halides is 3. The molecule has 0 radical (unpaired) electrons. The zero-order valence-corrected chi connectivity index (χ0v) is 25.4. The Bertz CT molecular complexity index is 1440. The lowest BCUT2D eigenvalue weighted by atomic mass is 9.82. The molecule has 0 spiro atoms. The third kappa shape index (κ3) is 8.21. The minimum atomic E-state index is -5.40. The first-order valence-electron chi connectivity index (χ1n) is 14.7. The number of unbranched alkanes of at least 4 members (excludes halogenated alkanes) is 1. The number of aromatic amines is 1. The molecule has 1 N–H and O–H groups in total. The van der Waals surface area contributed by atoms with E-state index in [-0.39, 0.29) is 37.4 Å². The van der Waals surface area contributed by atoms with E-state index in [1.165, 1.54) is 24.5 Å². The molecule has 1 saturated heterocycles. The van der Waals surface area contributed by atoms with E-state index >= 15 is 0 Å². The summed E-state index contributed by atoms with van der Waals surface area (Å²) >= 11 is 0. The van der Waals surface area contributed by atoms with Gasteiger partial charge in [0.25, 0.3) is 5.91 Å². The molecular formula is C32H37F3N4O6. The van der Waals surface area contributed by atoms with Gasteiger partial charge >= 0.3 is 12.1 Å². The second kappa shape index (κ2) is 14.6. The predicted molar refractivity (Wildman–Crippen MR) is 157 cm³/mol. The number of amides is 2. The molecule has 45 heavy (non-hydrogen) atoms. The van der Waals surface area contributed by atoms with Crippen LogP contribution in [0.25, 0.3) is 0 Å².